The van der Waals surface area contributed by atoms with Gasteiger partial charge in [0.1, 0.15) is 0 Å². The molecule has 0 N–H and O–H groups in total. The van der Waals surface area contributed by atoms with Gasteiger partial charge in [-0.15, -0.1) is 0 Å². The maximum absolute atomic E-state index is 10.9. The molecule has 84 valence electrons. The van der Waals surface area contributed by atoms with E-state index in [0.717, 1.165) is 5.69 Å². The number of benzene rings is 1. The van der Waals surface area contributed by atoms with Crippen LogP contribution < -0.4 is 0 Å². The van der Waals surface area contributed by atoms with Crippen LogP contribution in [0, 0.1) is 0 Å². The molecule has 2 rings (SSSR count). The summed E-state index contributed by atoms with van der Waals surface area (Å²) in [4.78, 5) is 0. The fourth-order valence-corrected chi connectivity index (χ4v) is 2.37. The van der Waals surface area contributed by atoms with Crippen LogP contribution in [0.1, 0.15) is 5.56 Å². The summed E-state index contributed by atoms with van der Waals surface area (Å²) in [7, 11) is 1.67. The molecule has 0 unspecified atom stereocenters. The number of halogens is 1. The summed E-state index contributed by atoms with van der Waals surface area (Å²) >= 11 is 0. The van der Waals surface area contributed by atoms with Crippen molar-refractivity contribution in [3.63, 3.8) is 0 Å². The number of nitrogens with zero attached hydrogens (tertiary/aromatic N) is 2. The monoisotopic (exact) mass is 256 g/mol. The van der Waals surface area contributed by atoms with E-state index >= 15 is 0 Å². The lowest BCUT2D eigenvalue weighted by Crippen LogP contribution is -1.98. The van der Waals surface area contributed by atoms with Crippen LogP contribution in [0.2, 0.25) is 0 Å². The Morgan fingerprint density at radius 3 is 2.75 bits per heavy atom. The molecule has 1 aromatic heterocycles. The standard InChI is InChI=1S/C10H9ClN2O2S/c11-16(14,15)8-9-3-1-4-10(7-9)13-6-2-5-12-13/h1-7H,8H2. The molecule has 0 saturated carbocycles. The Hall–Kier alpha value is -1.33. The van der Waals surface area contributed by atoms with Gasteiger partial charge in [0.25, 0.3) is 0 Å². The van der Waals surface area contributed by atoms with Gasteiger partial charge >= 0.3 is 0 Å². The highest BCUT2D eigenvalue weighted by Crippen LogP contribution is 2.14. The molecule has 0 radical (unpaired) electrons. The third-order valence-corrected chi connectivity index (χ3v) is 3.02. The minimum atomic E-state index is -3.52. The predicted molar refractivity (Wildman–Crippen MR) is 62.0 cm³/mol. The third-order valence-electron chi connectivity index (χ3n) is 2.02. The van der Waals surface area contributed by atoms with Crippen LogP contribution in [0.25, 0.3) is 5.69 Å². The Morgan fingerprint density at radius 1 is 1.31 bits per heavy atom. The van der Waals surface area contributed by atoms with E-state index in [1.165, 1.54) is 0 Å². The van der Waals surface area contributed by atoms with E-state index in [9.17, 15) is 8.42 Å². The lowest BCUT2D eigenvalue weighted by atomic mass is 10.2. The topological polar surface area (TPSA) is 52.0 Å². The maximum atomic E-state index is 10.9. The summed E-state index contributed by atoms with van der Waals surface area (Å²) in [5.74, 6) is -0.177. The Kier molecular flexibility index (Phi) is 2.98. The Labute approximate surface area is 97.9 Å². The first-order valence-electron chi connectivity index (χ1n) is 4.56. The van der Waals surface area contributed by atoms with Gasteiger partial charge in [-0.05, 0) is 23.8 Å². The van der Waals surface area contributed by atoms with Crippen molar-refractivity contribution in [1.29, 1.82) is 0 Å². The second-order valence-corrected chi connectivity index (χ2v) is 6.08. The SMILES string of the molecule is O=S(=O)(Cl)Cc1cccc(-n2cccn2)c1. The molecule has 2 aromatic rings. The highest BCUT2D eigenvalue weighted by Gasteiger charge is 2.07. The van der Waals surface area contributed by atoms with E-state index in [0.29, 0.717) is 5.56 Å². The van der Waals surface area contributed by atoms with Gasteiger partial charge in [-0.25, -0.2) is 13.1 Å². The number of aromatic nitrogens is 2. The minimum absolute atomic E-state index is 0.177. The summed E-state index contributed by atoms with van der Waals surface area (Å²) in [5, 5.41) is 4.06. The second-order valence-electron chi connectivity index (χ2n) is 3.30. The molecule has 1 aromatic carbocycles. The van der Waals surface area contributed by atoms with Gasteiger partial charge in [-0.2, -0.15) is 5.10 Å². The molecule has 4 nitrogen and oxygen atoms in total. The van der Waals surface area contributed by atoms with E-state index in [1.807, 2.05) is 6.07 Å². The van der Waals surface area contributed by atoms with Gasteiger partial charge in [-0.1, -0.05) is 12.1 Å². The lowest BCUT2D eigenvalue weighted by Gasteiger charge is -2.03. The lowest BCUT2D eigenvalue weighted by molar-refractivity contribution is 0.609. The first-order chi connectivity index (χ1) is 7.54. The Bertz CT molecular complexity index is 579. The zero-order valence-corrected chi connectivity index (χ0v) is 9.82. The molecule has 6 heteroatoms. The molecule has 0 bridgehead atoms. The second kappa shape index (κ2) is 4.27. The number of hydrogen-bond acceptors (Lipinski definition) is 3. The quantitative estimate of drug-likeness (QED) is 0.789. The van der Waals surface area contributed by atoms with Crippen LogP contribution in [0.15, 0.2) is 42.7 Å². The minimum Gasteiger partial charge on any atom is -0.241 e. The van der Waals surface area contributed by atoms with E-state index in [1.54, 1.807) is 41.3 Å². The molecular weight excluding hydrogens is 248 g/mol. The van der Waals surface area contributed by atoms with Crippen LogP contribution in [0.3, 0.4) is 0 Å². The molecule has 0 spiro atoms. The van der Waals surface area contributed by atoms with Crippen molar-refractivity contribution in [2.75, 3.05) is 0 Å². The first-order valence-corrected chi connectivity index (χ1v) is 7.04. The van der Waals surface area contributed by atoms with Gasteiger partial charge < -0.3 is 0 Å². The molecule has 0 fully saturated rings. The van der Waals surface area contributed by atoms with Crippen molar-refractivity contribution in [3.8, 4) is 5.69 Å². The van der Waals surface area contributed by atoms with Crippen molar-refractivity contribution in [2.24, 2.45) is 0 Å². The highest BCUT2D eigenvalue weighted by molar-refractivity contribution is 8.13. The van der Waals surface area contributed by atoms with Crippen LogP contribution in [0.5, 0.6) is 0 Å². The van der Waals surface area contributed by atoms with E-state index in [2.05, 4.69) is 5.10 Å². The summed E-state index contributed by atoms with van der Waals surface area (Å²) in [6.45, 7) is 0. The Balaban J connectivity index is 2.34. The molecule has 0 saturated heterocycles. The predicted octanol–water partition coefficient (Wildman–Crippen LogP) is 1.94. The average molecular weight is 257 g/mol. The van der Waals surface area contributed by atoms with Crippen molar-refractivity contribution in [3.05, 3.63) is 48.3 Å². The maximum Gasteiger partial charge on any atom is 0.236 e. The fourth-order valence-electron chi connectivity index (χ4n) is 1.41. The van der Waals surface area contributed by atoms with Gasteiger partial charge in [0, 0.05) is 23.1 Å². The van der Waals surface area contributed by atoms with Crippen LogP contribution in [0.4, 0.5) is 0 Å². The van der Waals surface area contributed by atoms with Crippen molar-refractivity contribution < 1.29 is 8.42 Å². The zero-order chi connectivity index (χ0) is 11.6. The summed E-state index contributed by atoms with van der Waals surface area (Å²) < 4.78 is 23.5. The normalized spacial score (nSPS) is 11.6. The van der Waals surface area contributed by atoms with Gasteiger partial charge in [0.15, 0.2) is 0 Å². The van der Waals surface area contributed by atoms with Crippen LogP contribution in [-0.2, 0) is 14.8 Å². The molecule has 0 aliphatic carbocycles. The molecule has 0 amide bonds. The summed E-state index contributed by atoms with van der Waals surface area (Å²) in [6, 6.07) is 8.87. The largest absolute Gasteiger partial charge is 0.241 e. The van der Waals surface area contributed by atoms with Crippen molar-refractivity contribution >= 4 is 19.7 Å². The Morgan fingerprint density at radius 2 is 2.12 bits per heavy atom. The van der Waals surface area contributed by atoms with Gasteiger partial charge in [-0.3, -0.25) is 0 Å². The van der Waals surface area contributed by atoms with Crippen molar-refractivity contribution in [2.45, 2.75) is 5.75 Å². The molecule has 16 heavy (non-hydrogen) atoms. The molecule has 1 heterocycles. The van der Waals surface area contributed by atoms with Crippen LogP contribution in [-0.4, -0.2) is 18.2 Å². The third kappa shape index (κ3) is 2.84. The smallest absolute Gasteiger partial charge is 0.236 e. The summed E-state index contributed by atoms with van der Waals surface area (Å²) in [5.41, 5.74) is 1.45. The van der Waals surface area contributed by atoms with E-state index in [-0.39, 0.29) is 5.75 Å². The molecule has 0 aliphatic rings. The molecule has 0 aliphatic heterocycles. The number of rotatable bonds is 3. The highest BCUT2D eigenvalue weighted by atomic mass is 35.7. The van der Waals surface area contributed by atoms with E-state index < -0.39 is 9.05 Å². The fraction of sp³-hybridized carbons (Fsp3) is 0.100. The van der Waals surface area contributed by atoms with Gasteiger partial charge in [0.2, 0.25) is 9.05 Å². The zero-order valence-electron chi connectivity index (χ0n) is 8.25. The van der Waals surface area contributed by atoms with Gasteiger partial charge in [0.05, 0.1) is 11.4 Å². The number of hydrogen-bond donors (Lipinski definition) is 0. The van der Waals surface area contributed by atoms with Crippen molar-refractivity contribution in [1.82, 2.24) is 9.78 Å². The van der Waals surface area contributed by atoms with Crippen LogP contribution >= 0.6 is 10.7 Å². The molecule has 0 atom stereocenters. The summed E-state index contributed by atoms with van der Waals surface area (Å²) in [6.07, 6.45) is 3.44. The average Bonchev–Trinajstić information content (AvgIpc) is 2.68. The first kappa shape index (κ1) is 11.2. The van der Waals surface area contributed by atoms with E-state index in [4.69, 9.17) is 10.7 Å². The molecular formula is C10H9ClN2O2S.